The Balaban J connectivity index is 1.65. The lowest BCUT2D eigenvalue weighted by Gasteiger charge is -2.17. The molecule has 0 fully saturated rings. The molecule has 28 heavy (non-hydrogen) atoms. The average Bonchev–Trinajstić information content (AvgIpc) is 3.12. The summed E-state index contributed by atoms with van der Waals surface area (Å²) in [5, 5.41) is 16.0. The number of anilines is 1. The lowest BCUT2D eigenvalue weighted by Crippen LogP contribution is -2.27. The van der Waals surface area contributed by atoms with Crippen LogP contribution in [0, 0.1) is 5.41 Å². The van der Waals surface area contributed by atoms with E-state index in [9.17, 15) is 4.79 Å². The van der Waals surface area contributed by atoms with Crippen LogP contribution in [0.4, 0.5) is 5.69 Å². The van der Waals surface area contributed by atoms with Crippen LogP contribution in [0.15, 0.2) is 60.9 Å². The maximum Gasteiger partial charge on any atom is 0.229 e. The third-order valence-electron chi connectivity index (χ3n) is 4.32. The van der Waals surface area contributed by atoms with Crippen LogP contribution >= 0.6 is 0 Å². The SMILES string of the molecule is CC(C)(C)C(=O)Nc1ccc(-c2ccc3nnc(-c4ccncc4)n3n2)cc1. The molecule has 3 heterocycles. The Hall–Kier alpha value is -3.61. The fourth-order valence-electron chi connectivity index (χ4n) is 2.67. The van der Waals surface area contributed by atoms with E-state index in [4.69, 9.17) is 5.10 Å². The van der Waals surface area contributed by atoms with E-state index < -0.39 is 5.41 Å². The molecule has 0 spiro atoms. The molecule has 0 aliphatic rings. The molecule has 0 saturated heterocycles. The van der Waals surface area contributed by atoms with Crippen molar-refractivity contribution in [2.24, 2.45) is 5.41 Å². The quantitative estimate of drug-likeness (QED) is 0.591. The molecule has 1 amide bonds. The van der Waals surface area contributed by atoms with Crippen molar-refractivity contribution in [2.75, 3.05) is 5.32 Å². The van der Waals surface area contributed by atoms with Gasteiger partial charge in [-0.25, -0.2) is 0 Å². The van der Waals surface area contributed by atoms with Crippen molar-refractivity contribution in [2.45, 2.75) is 20.8 Å². The molecule has 0 unspecified atom stereocenters. The number of aromatic nitrogens is 5. The van der Waals surface area contributed by atoms with Gasteiger partial charge in [-0.15, -0.1) is 10.2 Å². The van der Waals surface area contributed by atoms with Crippen molar-refractivity contribution in [3.63, 3.8) is 0 Å². The number of benzene rings is 1. The molecular formula is C21H20N6O. The second-order valence-corrected chi connectivity index (χ2v) is 7.53. The second kappa shape index (κ2) is 6.84. The summed E-state index contributed by atoms with van der Waals surface area (Å²) in [5.41, 5.74) is 3.60. The first-order valence-corrected chi connectivity index (χ1v) is 8.96. The van der Waals surface area contributed by atoms with E-state index in [1.54, 1.807) is 16.9 Å². The van der Waals surface area contributed by atoms with E-state index in [-0.39, 0.29) is 5.91 Å². The fourth-order valence-corrected chi connectivity index (χ4v) is 2.67. The second-order valence-electron chi connectivity index (χ2n) is 7.53. The number of carbonyl (C=O) groups excluding carboxylic acids is 1. The van der Waals surface area contributed by atoms with Gasteiger partial charge in [0.05, 0.1) is 5.69 Å². The number of hydrogen-bond donors (Lipinski definition) is 1. The minimum absolute atomic E-state index is 0.0220. The molecule has 140 valence electrons. The van der Waals surface area contributed by atoms with Crippen LogP contribution < -0.4 is 5.32 Å². The molecule has 3 aromatic heterocycles. The smallest absolute Gasteiger partial charge is 0.229 e. The van der Waals surface area contributed by atoms with Crippen molar-refractivity contribution >= 4 is 17.2 Å². The van der Waals surface area contributed by atoms with Crippen LogP contribution in [0.3, 0.4) is 0 Å². The van der Waals surface area contributed by atoms with Gasteiger partial charge in [-0.2, -0.15) is 9.61 Å². The van der Waals surface area contributed by atoms with Gasteiger partial charge in [-0.1, -0.05) is 32.9 Å². The molecule has 7 nitrogen and oxygen atoms in total. The summed E-state index contributed by atoms with van der Waals surface area (Å²) in [5.74, 6) is 0.639. The highest BCUT2D eigenvalue weighted by Crippen LogP contribution is 2.23. The molecule has 0 atom stereocenters. The van der Waals surface area contributed by atoms with E-state index >= 15 is 0 Å². The summed E-state index contributed by atoms with van der Waals surface area (Å²) in [6, 6.07) is 15.2. The number of nitrogens with zero attached hydrogens (tertiary/aromatic N) is 5. The number of fused-ring (bicyclic) bond motifs is 1. The number of nitrogens with one attached hydrogen (secondary N) is 1. The normalized spacial score (nSPS) is 11.5. The molecule has 0 aliphatic carbocycles. The maximum atomic E-state index is 12.1. The Morgan fingerprint density at radius 3 is 2.29 bits per heavy atom. The topological polar surface area (TPSA) is 85.1 Å². The predicted octanol–water partition coefficient (Wildman–Crippen LogP) is 3.84. The third kappa shape index (κ3) is 3.46. The molecular weight excluding hydrogens is 352 g/mol. The van der Waals surface area contributed by atoms with Gasteiger partial charge in [-0.05, 0) is 36.4 Å². The van der Waals surface area contributed by atoms with Gasteiger partial charge in [0.2, 0.25) is 5.91 Å². The standard InChI is InChI=1S/C21H20N6O/c1-21(2,3)20(28)23-16-6-4-14(5-7-16)17-8-9-18-24-25-19(27(18)26-17)15-10-12-22-13-11-15/h4-13H,1-3H3,(H,23,28). The highest BCUT2D eigenvalue weighted by molar-refractivity contribution is 5.94. The van der Waals surface area contributed by atoms with Crippen molar-refractivity contribution in [3.8, 4) is 22.6 Å². The van der Waals surface area contributed by atoms with Crippen LogP contribution in [0.1, 0.15) is 20.8 Å². The number of hydrogen-bond acceptors (Lipinski definition) is 5. The van der Waals surface area contributed by atoms with Crippen LogP contribution in [0.25, 0.3) is 28.3 Å². The van der Waals surface area contributed by atoms with Crippen molar-refractivity contribution in [1.82, 2.24) is 24.8 Å². The maximum absolute atomic E-state index is 12.1. The van der Waals surface area contributed by atoms with E-state index in [0.29, 0.717) is 11.5 Å². The summed E-state index contributed by atoms with van der Waals surface area (Å²) < 4.78 is 1.72. The molecule has 0 saturated carbocycles. The average molecular weight is 372 g/mol. The third-order valence-corrected chi connectivity index (χ3v) is 4.32. The monoisotopic (exact) mass is 372 g/mol. The van der Waals surface area contributed by atoms with Gasteiger partial charge in [0.25, 0.3) is 0 Å². The molecule has 4 aromatic rings. The molecule has 0 aliphatic heterocycles. The number of carbonyl (C=O) groups is 1. The summed E-state index contributed by atoms with van der Waals surface area (Å²) >= 11 is 0. The van der Waals surface area contributed by atoms with E-state index in [1.807, 2.05) is 69.3 Å². The highest BCUT2D eigenvalue weighted by Gasteiger charge is 2.21. The summed E-state index contributed by atoms with van der Waals surface area (Å²) in [6.45, 7) is 5.65. The minimum atomic E-state index is -0.441. The summed E-state index contributed by atoms with van der Waals surface area (Å²) in [7, 11) is 0. The zero-order chi connectivity index (χ0) is 19.7. The van der Waals surface area contributed by atoms with Crippen molar-refractivity contribution in [3.05, 3.63) is 60.9 Å². The Morgan fingerprint density at radius 2 is 1.61 bits per heavy atom. The lowest BCUT2D eigenvalue weighted by atomic mass is 9.95. The molecule has 1 aromatic carbocycles. The largest absolute Gasteiger partial charge is 0.326 e. The predicted molar refractivity (Wildman–Crippen MR) is 108 cm³/mol. The minimum Gasteiger partial charge on any atom is -0.326 e. The van der Waals surface area contributed by atoms with Gasteiger partial charge in [0.1, 0.15) is 0 Å². The first kappa shape index (κ1) is 17.8. The van der Waals surface area contributed by atoms with Crippen LogP contribution in [-0.4, -0.2) is 30.7 Å². The Bertz CT molecular complexity index is 1130. The summed E-state index contributed by atoms with van der Waals surface area (Å²) in [4.78, 5) is 16.2. The van der Waals surface area contributed by atoms with Crippen LogP contribution in [0.2, 0.25) is 0 Å². The molecule has 7 heteroatoms. The molecule has 1 N–H and O–H groups in total. The van der Waals surface area contributed by atoms with Crippen LogP contribution in [-0.2, 0) is 4.79 Å². The molecule has 0 bridgehead atoms. The van der Waals surface area contributed by atoms with E-state index in [1.165, 1.54) is 0 Å². The number of amides is 1. The van der Waals surface area contributed by atoms with Crippen molar-refractivity contribution < 1.29 is 4.79 Å². The van der Waals surface area contributed by atoms with Crippen molar-refractivity contribution in [1.29, 1.82) is 0 Å². The Morgan fingerprint density at radius 1 is 0.893 bits per heavy atom. The first-order valence-electron chi connectivity index (χ1n) is 8.96. The lowest BCUT2D eigenvalue weighted by molar-refractivity contribution is -0.123. The number of pyridine rings is 1. The zero-order valence-corrected chi connectivity index (χ0v) is 15.9. The first-order chi connectivity index (χ1) is 13.4. The van der Waals surface area contributed by atoms with Gasteiger partial charge >= 0.3 is 0 Å². The van der Waals surface area contributed by atoms with Crippen LogP contribution in [0.5, 0.6) is 0 Å². The summed E-state index contributed by atoms with van der Waals surface area (Å²) in [6.07, 6.45) is 3.43. The zero-order valence-electron chi connectivity index (χ0n) is 15.9. The number of rotatable bonds is 3. The van der Waals surface area contributed by atoms with Gasteiger partial charge in [0, 0.05) is 34.6 Å². The van der Waals surface area contributed by atoms with E-state index in [0.717, 1.165) is 22.5 Å². The highest BCUT2D eigenvalue weighted by atomic mass is 16.2. The molecule has 4 rings (SSSR count). The van der Waals surface area contributed by atoms with E-state index in [2.05, 4.69) is 20.5 Å². The van der Waals surface area contributed by atoms with Gasteiger partial charge < -0.3 is 5.32 Å². The van der Waals surface area contributed by atoms with Gasteiger partial charge in [0.15, 0.2) is 11.5 Å². The Labute approximate surface area is 162 Å². The van der Waals surface area contributed by atoms with Gasteiger partial charge in [-0.3, -0.25) is 9.78 Å². The molecule has 0 radical (unpaired) electrons. The fraction of sp³-hybridized carbons (Fsp3) is 0.190. The Kier molecular flexibility index (Phi) is 4.35.